The van der Waals surface area contributed by atoms with Gasteiger partial charge in [-0.3, -0.25) is 4.79 Å². The Balaban J connectivity index is 2.91. The van der Waals surface area contributed by atoms with Gasteiger partial charge in [0.05, 0.1) is 5.97 Å². The lowest BCUT2D eigenvalue weighted by Gasteiger charge is -2.14. The maximum atomic E-state index is 12.1. The zero-order valence-electron chi connectivity index (χ0n) is 11.7. The molecule has 0 heterocycles. The van der Waals surface area contributed by atoms with Crippen LogP contribution in [-0.2, 0) is 4.79 Å². The molecule has 0 aliphatic carbocycles. The first-order valence-corrected chi connectivity index (χ1v) is 6.54. The van der Waals surface area contributed by atoms with E-state index in [0.29, 0.717) is 12.5 Å². The van der Waals surface area contributed by atoms with Crippen LogP contribution in [0.15, 0.2) is 18.2 Å². The topological polar surface area (TPSA) is 75.7 Å². The van der Waals surface area contributed by atoms with Crippen molar-refractivity contribution in [3.05, 3.63) is 23.8 Å². The van der Waals surface area contributed by atoms with Gasteiger partial charge in [0.1, 0.15) is 11.5 Å². The van der Waals surface area contributed by atoms with Crippen molar-refractivity contribution >= 4 is 11.9 Å². The SMILES string of the molecule is CCCCCC(=O)Oc1cc(OC(F)(F)F)ccc1C(=O)[O-]. The molecule has 0 aliphatic rings. The molecule has 8 heteroatoms. The minimum Gasteiger partial charge on any atom is -0.545 e. The van der Waals surface area contributed by atoms with Crippen molar-refractivity contribution in [3.63, 3.8) is 0 Å². The number of carbonyl (C=O) groups excluding carboxylic acids is 2. The number of rotatable bonds is 7. The third kappa shape index (κ3) is 6.02. The lowest BCUT2D eigenvalue weighted by molar-refractivity contribution is -0.274. The molecule has 0 aromatic heterocycles. The molecular weight excluding hydrogens is 305 g/mol. The van der Waals surface area contributed by atoms with Gasteiger partial charge < -0.3 is 19.4 Å². The van der Waals surface area contributed by atoms with Crippen LogP contribution in [0, 0.1) is 0 Å². The number of carbonyl (C=O) groups is 2. The predicted octanol–water partition coefficient (Wildman–Crippen LogP) is 2.43. The smallest absolute Gasteiger partial charge is 0.545 e. The average molecular weight is 319 g/mol. The van der Waals surface area contributed by atoms with Crippen LogP contribution in [0.5, 0.6) is 11.5 Å². The van der Waals surface area contributed by atoms with Crippen molar-refractivity contribution in [3.8, 4) is 11.5 Å². The summed E-state index contributed by atoms with van der Waals surface area (Å²) in [5.41, 5.74) is -0.529. The molecule has 0 N–H and O–H groups in total. The number of unbranched alkanes of at least 4 members (excludes halogenated alkanes) is 2. The van der Waals surface area contributed by atoms with E-state index in [2.05, 4.69) is 4.74 Å². The van der Waals surface area contributed by atoms with Gasteiger partial charge in [-0.25, -0.2) is 0 Å². The van der Waals surface area contributed by atoms with E-state index < -0.39 is 35.4 Å². The van der Waals surface area contributed by atoms with E-state index in [-0.39, 0.29) is 6.42 Å². The first-order chi connectivity index (χ1) is 10.2. The van der Waals surface area contributed by atoms with Crippen molar-refractivity contribution in [2.75, 3.05) is 0 Å². The Morgan fingerprint density at radius 2 is 1.91 bits per heavy atom. The van der Waals surface area contributed by atoms with E-state index in [1.54, 1.807) is 0 Å². The molecule has 0 radical (unpaired) electrons. The van der Waals surface area contributed by atoms with E-state index in [1.807, 2.05) is 6.92 Å². The molecule has 22 heavy (non-hydrogen) atoms. The second-order valence-electron chi connectivity index (χ2n) is 4.42. The zero-order chi connectivity index (χ0) is 16.8. The highest BCUT2D eigenvalue weighted by Gasteiger charge is 2.31. The molecule has 0 fully saturated rings. The lowest BCUT2D eigenvalue weighted by Crippen LogP contribution is -2.24. The number of halogens is 3. The van der Waals surface area contributed by atoms with E-state index >= 15 is 0 Å². The van der Waals surface area contributed by atoms with Crippen LogP contribution < -0.4 is 14.6 Å². The second kappa shape index (κ2) is 7.67. The summed E-state index contributed by atoms with van der Waals surface area (Å²) < 4.78 is 44.9. The first kappa shape index (κ1) is 17.8. The molecule has 5 nitrogen and oxygen atoms in total. The third-order valence-electron chi connectivity index (χ3n) is 2.61. The molecule has 0 amide bonds. The van der Waals surface area contributed by atoms with Gasteiger partial charge in [-0.15, -0.1) is 13.2 Å². The van der Waals surface area contributed by atoms with Gasteiger partial charge in [-0.05, 0) is 18.6 Å². The Morgan fingerprint density at radius 1 is 1.23 bits per heavy atom. The van der Waals surface area contributed by atoms with Gasteiger partial charge in [0.2, 0.25) is 0 Å². The molecule has 0 spiro atoms. The molecule has 0 bridgehead atoms. The number of benzene rings is 1. The highest BCUT2D eigenvalue weighted by Crippen LogP contribution is 2.29. The summed E-state index contributed by atoms with van der Waals surface area (Å²) in [6.45, 7) is 1.93. The van der Waals surface area contributed by atoms with Crippen LogP contribution in [0.25, 0.3) is 0 Å². The third-order valence-corrected chi connectivity index (χ3v) is 2.61. The summed E-state index contributed by atoms with van der Waals surface area (Å²) in [4.78, 5) is 22.5. The fourth-order valence-corrected chi connectivity index (χ4v) is 1.65. The fraction of sp³-hybridized carbons (Fsp3) is 0.429. The van der Waals surface area contributed by atoms with E-state index in [1.165, 1.54) is 0 Å². The fourth-order valence-electron chi connectivity index (χ4n) is 1.65. The molecule has 0 unspecified atom stereocenters. The average Bonchev–Trinajstić information content (AvgIpc) is 2.36. The maximum absolute atomic E-state index is 12.1. The standard InChI is InChI=1S/C14H15F3O5/c1-2-3-4-5-12(18)21-11-8-9(22-14(15,16)17)6-7-10(11)13(19)20/h6-8H,2-5H2,1H3,(H,19,20)/p-1. The first-order valence-electron chi connectivity index (χ1n) is 6.54. The Bertz CT molecular complexity index is 540. The maximum Gasteiger partial charge on any atom is 0.573 e. The summed E-state index contributed by atoms with van der Waals surface area (Å²) in [5.74, 6) is -3.63. The Morgan fingerprint density at radius 3 is 2.45 bits per heavy atom. The molecule has 0 saturated heterocycles. The van der Waals surface area contributed by atoms with Gasteiger partial charge in [-0.2, -0.15) is 0 Å². The normalized spacial score (nSPS) is 11.1. The van der Waals surface area contributed by atoms with Crippen LogP contribution in [-0.4, -0.2) is 18.3 Å². The summed E-state index contributed by atoms with van der Waals surface area (Å²) in [6.07, 6.45) is -2.73. The van der Waals surface area contributed by atoms with Crippen LogP contribution in [0.2, 0.25) is 0 Å². The van der Waals surface area contributed by atoms with Crippen molar-refractivity contribution < 1.29 is 37.3 Å². The molecule has 1 rings (SSSR count). The molecule has 122 valence electrons. The number of aromatic carboxylic acids is 1. The number of esters is 1. The summed E-state index contributed by atoms with van der Waals surface area (Å²) >= 11 is 0. The Hall–Kier alpha value is -2.25. The lowest BCUT2D eigenvalue weighted by atomic mass is 10.2. The van der Waals surface area contributed by atoms with Gasteiger partial charge in [-0.1, -0.05) is 19.8 Å². The Labute approximate surface area is 124 Å². The molecule has 0 atom stereocenters. The number of hydrogen-bond donors (Lipinski definition) is 0. The molecule has 1 aromatic carbocycles. The van der Waals surface area contributed by atoms with Crippen LogP contribution in [0.4, 0.5) is 13.2 Å². The highest BCUT2D eigenvalue weighted by atomic mass is 19.4. The monoisotopic (exact) mass is 319 g/mol. The van der Waals surface area contributed by atoms with Gasteiger partial charge in [0.15, 0.2) is 0 Å². The van der Waals surface area contributed by atoms with E-state index in [4.69, 9.17) is 4.74 Å². The predicted molar refractivity (Wildman–Crippen MR) is 67.2 cm³/mol. The van der Waals surface area contributed by atoms with E-state index in [0.717, 1.165) is 25.0 Å². The van der Waals surface area contributed by atoms with Crippen LogP contribution in [0.1, 0.15) is 43.0 Å². The number of hydrogen-bond acceptors (Lipinski definition) is 5. The summed E-state index contributed by atoms with van der Waals surface area (Å²) in [5, 5.41) is 10.9. The van der Waals surface area contributed by atoms with Gasteiger partial charge in [0.25, 0.3) is 0 Å². The minimum absolute atomic E-state index is 0.0324. The molecule has 0 saturated carbocycles. The van der Waals surface area contributed by atoms with Gasteiger partial charge >= 0.3 is 12.3 Å². The number of carboxylic acid groups (broad SMARTS) is 1. The summed E-state index contributed by atoms with van der Waals surface area (Å²) in [7, 11) is 0. The zero-order valence-corrected chi connectivity index (χ0v) is 11.7. The number of carboxylic acids is 1. The number of alkyl halides is 3. The van der Waals surface area contributed by atoms with Crippen molar-refractivity contribution in [2.45, 2.75) is 39.0 Å². The van der Waals surface area contributed by atoms with Crippen molar-refractivity contribution in [2.24, 2.45) is 0 Å². The van der Waals surface area contributed by atoms with Gasteiger partial charge in [0, 0.05) is 18.1 Å². The van der Waals surface area contributed by atoms with Crippen molar-refractivity contribution in [1.29, 1.82) is 0 Å². The highest BCUT2D eigenvalue weighted by molar-refractivity contribution is 5.90. The Kier molecular flexibility index (Phi) is 6.21. The largest absolute Gasteiger partial charge is 0.573 e. The second-order valence-corrected chi connectivity index (χ2v) is 4.42. The van der Waals surface area contributed by atoms with Crippen molar-refractivity contribution in [1.82, 2.24) is 0 Å². The summed E-state index contributed by atoms with van der Waals surface area (Å²) in [6, 6.07) is 2.31. The molecule has 1 aromatic rings. The van der Waals surface area contributed by atoms with Crippen LogP contribution >= 0.6 is 0 Å². The quantitative estimate of drug-likeness (QED) is 0.438. The molecular formula is C14H14F3O5-. The molecule has 0 aliphatic heterocycles. The van der Waals surface area contributed by atoms with Crippen LogP contribution in [0.3, 0.4) is 0 Å². The minimum atomic E-state index is -4.94. The number of ether oxygens (including phenoxy) is 2. The van der Waals surface area contributed by atoms with E-state index in [9.17, 15) is 27.9 Å².